The fourth-order valence-corrected chi connectivity index (χ4v) is 3.39. The van der Waals surface area contributed by atoms with Gasteiger partial charge in [-0.25, -0.2) is 0 Å². The second-order valence-corrected chi connectivity index (χ2v) is 6.26. The van der Waals surface area contributed by atoms with Gasteiger partial charge in [0.25, 0.3) is 5.89 Å². The Labute approximate surface area is 146 Å². The summed E-state index contributed by atoms with van der Waals surface area (Å²) in [5, 5.41) is 14.2. The van der Waals surface area contributed by atoms with Crippen LogP contribution in [0.4, 0.5) is 0 Å². The first kappa shape index (κ1) is 15.8. The SMILES string of the molecule is CCOc1ccc(-c2nc(-c3cccc4c3CCC4O)no2)cc1C. The van der Waals surface area contributed by atoms with E-state index in [-0.39, 0.29) is 0 Å². The predicted octanol–water partition coefficient (Wildman–Crippen LogP) is 4.09. The van der Waals surface area contributed by atoms with Gasteiger partial charge in [-0.2, -0.15) is 4.98 Å². The van der Waals surface area contributed by atoms with E-state index in [0.29, 0.717) is 18.3 Å². The van der Waals surface area contributed by atoms with E-state index in [1.54, 1.807) is 0 Å². The quantitative estimate of drug-likeness (QED) is 0.777. The number of aryl methyl sites for hydroxylation is 1. The summed E-state index contributed by atoms with van der Waals surface area (Å²) in [5.74, 6) is 1.91. The van der Waals surface area contributed by atoms with Crippen LogP contribution in [-0.2, 0) is 6.42 Å². The van der Waals surface area contributed by atoms with Gasteiger partial charge in [0.1, 0.15) is 5.75 Å². The van der Waals surface area contributed by atoms with Crippen molar-refractivity contribution in [2.24, 2.45) is 0 Å². The van der Waals surface area contributed by atoms with E-state index in [0.717, 1.165) is 46.4 Å². The maximum atomic E-state index is 10.1. The van der Waals surface area contributed by atoms with E-state index in [4.69, 9.17) is 9.26 Å². The number of ether oxygens (including phenoxy) is 1. The number of aromatic nitrogens is 2. The van der Waals surface area contributed by atoms with Gasteiger partial charge in [-0.05, 0) is 61.6 Å². The van der Waals surface area contributed by atoms with Crippen molar-refractivity contribution in [1.82, 2.24) is 10.1 Å². The molecular weight excluding hydrogens is 316 g/mol. The van der Waals surface area contributed by atoms with E-state index in [2.05, 4.69) is 10.1 Å². The number of nitrogens with zero attached hydrogens (tertiary/aromatic N) is 2. The molecular formula is C20H20N2O3. The van der Waals surface area contributed by atoms with E-state index in [1.165, 1.54) is 0 Å². The molecule has 0 radical (unpaired) electrons. The van der Waals surface area contributed by atoms with Crippen molar-refractivity contribution < 1.29 is 14.4 Å². The maximum Gasteiger partial charge on any atom is 0.258 e. The molecule has 25 heavy (non-hydrogen) atoms. The summed E-state index contributed by atoms with van der Waals surface area (Å²) in [6.45, 7) is 4.60. The third kappa shape index (κ3) is 2.81. The van der Waals surface area contributed by atoms with Gasteiger partial charge >= 0.3 is 0 Å². The standard InChI is InChI=1S/C20H20N2O3/c1-3-24-18-10-7-13(11-12(18)2)20-21-19(22-25-20)16-6-4-5-15-14(16)8-9-17(15)23/h4-7,10-11,17,23H,3,8-9H2,1-2H3. The Hall–Kier alpha value is -2.66. The summed E-state index contributed by atoms with van der Waals surface area (Å²) in [6.07, 6.45) is 1.18. The minimum atomic E-state index is -0.393. The highest BCUT2D eigenvalue weighted by molar-refractivity contribution is 5.66. The van der Waals surface area contributed by atoms with Gasteiger partial charge in [0.05, 0.1) is 12.7 Å². The maximum absolute atomic E-state index is 10.1. The highest BCUT2D eigenvalue weighted by Crippen LogP contribution is 2.37. The normalized spacial score (nSPS) is 16.0. The first-order valence-corrected chi connectivity index (χ1v) is 8.55. The van der Waals surface area contributed by atoms with Gasteiger partial charge in [0.2, 0.25) is 5.82 Å². The van der Waals surface area contributed by atoms with Gasteiger partial charge in [0.15, 0.2) is 0 Å². The van der Waals surface area contributed by atoms with Gasteiger partial charge in [-0.1, -0.05) is 23.4 Å². The van der Waals surface area contributed by atoms with Crippen LogP contribution in [0, 0.1) is 6.92 Å². The first-order valence-electron chi connectivity index (χ1n) is 8.55. The molecule has 0 bridgehead atoms. The molecule has 128 valence electrons. The lowest BCUT2D eigenvalue weighted by Crippen LogP contribution is -1.94. The fourth-order valence-electron chi connectivity index (χ4n) is 3.39. The van der Waals surface area contributed by atoms with Crippen LogP contribution in [0.3, 0.4) is 0 Å². The highest BCUT2D eigenvalue weighted by Gasteiger charge is 2.25. The van der Waals surface area contributed by atoms with E-state index in [1.807, 2.05) is 50.2 Å². The van der Waals surface area contributed by atoms with Crippen molar-refractivity contribution in [3.63, 3.8) is 0 Å². The number of hydrogen-bond donors (Lipinski definition) is 1. The van der Waals surface area contributed by atoms with Gasteiger partial charge in [0, 0.05) is 11.1 Å². The monoisotopic (exact) mass is 336 g/mol. The molecule has 1 aliphatic rings. The first-order chi connectivity index (χ1) is 12.2. The number of aliphatic hydroxyl groups excluding tert-OH is 1. The van der Waals surface area contributed by atoms with Crippen LogP contribution in [0.25, 0.3) is 22.8 Å². The third-order valence-electron chi connectivity index (χ3n) is 4.63. The fraction of sp³-hybridized carbons (Fsp3) is 0.300. The van der Waals surface area contributed by atoms with Crippen molar-refractivity contribution in [2.75, 3.05) is 6.61 Å². The zero-order valence-electron chi connectivity index (χ0n) is 14.3. The molecule has 1 aromatic heterocycles. The molecule has 5 heteroatoms. The Balaban J connectivity index is 1.69. The van der Waals surface area contributed by atoms with Crippen LogP contribution < -0.4 is 4.74 Å². The molecule has 0 amide bonds. The average molecular weight is 336 g/mol. The molecule has 5 nitrogen and oxygen atoms in total. The summed E-state index contributed by atoms with van der Waals surface area (Å²) < 4.78 is 11.1. The van der Waals surface area contributed by atoms with Crippen LogP contribution in [-0.4, -0.2) is 21.9 Å². The zero-order valence-corrected chi connectivity index (χ0v) is 14.3. The number of hydrogen-bond acceptors (Lipinski definition) is 5. The van der Waals surface area contributed by atoms with Gasteiger partial charge in [-0.3, -0.25) is 0 Å². The summed E-state index contributed by atoms with van der Waals surface area (Å²) in [5.41, 5.74) is 4.92. The average Bonchev–Trinajstić information content (AvgIpc) is 3.24. The van der Waals surface area contributed by atoms with Crippen molar-refractivity contribution >= 4 is 0 Å². The number of rotatable bonds is 4. The van der Waals surface area contributed by atoms with Crippen molar-refractivity contribution in [1.29, 1.82) is 0 Å². The highest BCUT2D eigenvalue weighted by atomic mass is 16.5. The Morgan fingerprint density at radius 1 is 1.28 bits per heavy atom. The van der Waals surface area contributed by atoms with Crippen molar-refractivity contribution in [2.45, 2.75) is 32.8 Å². The Bertz CT molecular complexity index is 917. The van der Waals surface area contributed by atoms with Crippen LogP contribution in [0.15, 0.2) is 40.9 Å². The summed E-state index contributed by atoms with van der Waals surface area (Å²) in [7, 11) is 0. The lowest BCUT2D eigenvalue weighted by atomic mass is 10.0. The lowest BCUT2D eigenvalue weighted by Gasteiger charge is -2.07. The van der Waals surface area contributed by atoms with Crippen LogP contribution in [0.2, 0.25) is 0 Å². The van der Waals surface area contributed by atoms with Crippen molar-refractivity contribution in [3.05, 3.63) is 53.1 Å². The molecule has 1 unspecified atom stereocenters. The van der Waals surface area contributed by atoms with Crippen LogP contribution in [0.1, 0.15) is 36.1 Å². The Kier molecular flexibility index (Phi) is 4.01. The van der Waals surface area contributed by atoms with E-state index < -0.39 is 6.10 Å². The third-order valence-corrected chi connectivity index (χ3v) is 4.63. The summed E-state index contributed by atoms with van der Waals surface area (Å²) in [6, 6.07) is 11.7. The Morgan fingerprint density at radius 3 is 2.96 bits per heavy atom. The molecule has 0 saturated heterocycles. The number of aliphatic hydroxyl groups is 1. The van der Waals surface area contributed by atoms with Gasteiger partial charge < -0.3 is 14.4 Å². The molecule has 1 atom stereocenters. The summed E-state index contributed by atoms with van der Waals surface area (Å²) in [4.78, 5) is 4.57. The molecule has 0 fully saturated rings. The van der Waals surface area contributed by atoms with E-state index >= 15 is 0 Å². The minimum absolute atomic E-state index is 0.393. The number of benzene rings is 2. The second-order valence-electron chi connectivity index (χ2n) is 6.26. The summed E-state index contributed by atoms with van der Waals surface area (Å²) >= 11 is 0. The van der Waals surface area contributed by atoms with Crippen LogP contribution >= 0.6 is 0 Å². The molecule has 1 aliphatic carbocycles. The Morgan fingerprint density at radius 2 is 2.16 bits per heavy atom. The largest absolute Gasteiger partial charge is 0.494 e. The lowest BCUT2D eigenvalue weighted by molar-refractivity contribution is 0.180. The van der Waals surface area contributed by atoms with Crippen LogP contribution in [0.5, 0.6) is 5.75 Å². The van der Waals surface area contributed by atoms with Gasteiger partial charge in [-0.15, -0.1) is 0 Å². The van der Waals surface area contributed by atoms with E-state index in [9.17, 15) is 5.11 Å². The zero-order chi connectivity index (χ0) is 17.4. The molecule has 0 spiro atoms. The van der Waals surface area contributed by atoms with Crippen molar-refractivity contribution in [3.8, 4) is 28.6 Å². The molecule has 3 aromatic rings. The molecule has 4 rings (SSSR count). The number of fused-ring (bicyclic) bond motifs is 1. The molecule has 2 aromatic carbocycles. The predicted molar refractivity (Wildman–Crippen MR) is 94.4 cm³/mol. The molecule has 0 saturated carbocycles. The topological polar surface area (TPSA) is 68.4 Å². The minimum Gasteiger partial charge on any atom is -0.494 e. The molecule has 1 heterocycles. The molecule has 0 aliphatic heterocycles. The second kappa shape index (κ2) is 6.33. The molecule has 1 N–H and O–H groups in total. The smallest absolute Gasteiger partial charge is 0.258 e.